The first-order chi connectivity index (χ1) is 4.79. The van der Waals surface area contributed by atoms with Gasteiger partial charge in [-0.3, -0.25) is 0 Å². The zero-order chi connectivity index (χ0) is 7.14. The van der Waals surface area contributed by atoms with Gasteiger partial charge in [0.25, 0.3) is 0 Å². The average Bonchev–Trinajstić information content (AvgIpc) is 2.41. The summed E-state index contributed by atoms with van der Waals surface area (Å²) in [4.78, 5) is 0. The van der Waals surface area contributed by atoms with Crippen LogP contribution in [0.3, 0.4) is 0 Å². The minimum Gasteiger partial charge on any atom is -0.373 e. The van der Waals surface area contributed by atoms with Crippen molar-refractivity contribution in [1.29, 1.82) is 0 Å². The number of halogens is 2. The summed E-state index contributed by atoms with van der Waals surface area (Å²) in [5.41, 5.74) is 0. The van der Waals surface area contributed by atoms with E-state index in [-0.39, 0.29) is 0 Å². The molecule has 58 valence electrons. The van der Waals surface area contributed by atoms with Gasteiger partial charge in [-0.25, -0.2) is 0 Å². The van der Waals surface area contributed by atoms with Crippen LogP contribution in [-0.2, 0) is 9.47 Å². The van der Waals surface area contributed by atoms with Gasteiger partial charge < -0.3 is 9.47 Å². The maximum absolute atomic E-state index is 5.56. The summed E-state index contributed by atoms with van der Waals surface area (Å²) >= 11 is 4.81. The molecule has 0 radical (unpaired) electrons. The Morgan fingerprint density at radius 3 is 1.70 bits per heavy atom. The van der Waals surface area contributed by atoms with Crippen molar-refractivity contribution in [3.05, 3.63) is 0 Å². The Hall–Kier alpha value is 1.38. The highest BCUT2D eigenvalue weighted by molar-refractivity contribution is 14.1. The lowest BCUT2D eigenvalue weighted by Gasteiger charge is -2.09. The van der Waals surface area contributed by atoms with Gasteiger partial charge in [-0.05, 0) is 0 Å². The van der Waals surface area contributed by atoms with Gasteiger partial charge in [-0.2, -0.15) is 0 Å². The van der Waals surface area contributed by atoms with E-state index >= 15 is 0 Å². The van der Waals surface area contributed by atoms with Gasteiger partial charge in [0, 0.05) is 0 Å². The third kappa shape index (κ3) is 1.21. The van der Waals surface area contributed by atoms with Gasteiger partial charge >= 0.3 is 0 Å². The van der Waals surface area contributed by atoms with Crippen molar-refractivity contribution in [3.8, 4) is 0 Å². The van der Waals surface area contributed by atoms with E-state index in [9.17, 15) is 0 Å². The van der Waals surface area contributed by atoms with Crippen LogP contribution in [0.2, 0.25) is 0 Å². The number of hydrogen-bond acceptors (Lipinski definition) is 2. The van der Waals surface area contributed by atoms with E-state index in [1.54, 1.807) is 0 Å². The van der Waals surface area contributed by atoms with E-state index in [4.69, 9.17) is 9.47 Å². The Labute approximate surface area is 87.3 Å². The zero-order valence-corrected chi connectivity index (χ0v) is 9.61. The Morgan fingerprint density at radius 2 is 1.30 bits per heavy atom. The molecule has 10 heavy (non-hydrogen) atoms. The first-order valence-corrected chi connectivity index (χ1v) is 5.79. The summed E-state index contributed by atoms with van der Waals surface area (Å²) in [5.74, 6) is 0. The summed E-state index contributed by atoms with van der Waals surface area (Å²) in [7, 11) is 0. The molecule has 2 rings (SSSR count). The van der Waals surface area contributed by atoms with Crippen LogP contribution in [0.4, 0.5) is 0 Å². The highest BCUT2D eigenvalue weighted by Gasteiger charge is 2.45. The first kappa shape index (κ1) is 8.00. The third-order valence-electron chi connectivity index (χ3n) is 1.93. The topological polar surface area (TPSA) is 18.5 Å². The maximum Gasteiger partial charge on any atom is 0.0987 e. The largest absolute Gasteiger partial charge is 0.373 e. The SMILES string of the molecule is IC1COC2C(I)COC12. The Bertz CT molecular complexity index is 126. The van der Waals surface area contributed by atoms with Crippen molar-refractivity contribution in [1.82, 2.24) is 0 Å². The van der Waals surface area contributed by atoms with Gasteiger partial charge in [-0.15, -0.1) is 0 Å². The molecule has 2 heterocycles. The number of hydrogen-bond donors (Lipinski definition) is 0. The first-order valence-electron chi connectivity index (χ1n) is 3.30. The van der Waals surface area contributed by atoms with E-state index < -0.39 is 0 Å². The fourth-order valence-electron chi connectivity index (χ4n) is 1.41. The van der Waals surface area contributed by atoms with E-state index in [1.165, 1.54) is 0 Å². The van der Waals surface area contributed by atoms with E-state index in [1.807, 2.05) is 0 Å². The molecule has 0 bridgehead atoms. The quantitative estimate of drug-likeness (QED) is 0.477. The van der Waals surface area contributed by atoms with E-state index in [0.717, 1.165) is 13.2 Å². The third-order valence-corrected chi connectivity index (χ3v) is 4.07. The second-order valence-electron chi connectivity index (χ2n) is 2.63. The zero-order valence-electron chi connectivity index (χ0n) is 5.30. The molecule has 0 aromatic rings. The highest BCUT2D eigenvalue weighted by Crippen LogP contribution is 2.34. The smallest absolute Gasteiger partial charge is 0.0987 e. The van der Waals surface area contributed by atoms with Gasteiger partial charge in [-0.1, -0.05) is 45.2 Å². The second kappa shape index (κ2) is 3.02. The lowest BCUT2D eigenvalue weighted by Crippen LogP contribution is -2.25. The summed E-state index contributed by atoms with van der Waals surface area (Å²) in [5, 5.41) is 0. The minimum absolute atomic E-state index is 0.377. The second-order valence-corrected chi connectivity index (χ2v) is 5.83. The summed E-state index contributed by atoms with van der Waals surface area (Å²) in [6, 6.07) is 0. The molecule has 2 saturated heterocycles. The molecule has 0 aromatic carbocycles. The van der Waals surface area contributed by atoms with Crippen LogP contribution in [0, 0.1) is 0 Å². The lowest BCUT2D eigenvalue weighted by atomic mass is 10.2. The highest BCUT2D eigenvalue weighted by atomic mass is 127. The lowest BCUT2D eigenvalue weighted by molar-refractivity contribution is 0.0754. The van der Waals surface area contributed by atoms with Crippen molar-refractivity contribution < 1.29 is 9.47 Å². The molecule has 4 heteroatoms. The maximum atomic E-state index is 5.56. The molecule has 2 aliphatic rings. The van der Waals surface area contributed by atoms with Crippen molar-refractivity contribution in [3.63, 3.8) is 0 Å². The van der Waals surface area contributed by atoms with Crippen molar-refractivity contribution in [2.45, 2.75) is 20.1 Å². The number of alkyl halides is 2. The molecule has 2 fully saturated rings. The molecule has 2 aliphatic heterocycles. The number of rotatable bonds is 0. The van der Waals surface area contributed by atoms with Gasteiger partial charge in [0.05, 0.1) is 33.3 Å². The van der Waals surface area contributed by atoms with Crippen molar-refractivity contribution in [2.75, 3.05) is 13.2 Å². The summed E-state index contributed by atoms with van der Waals surface area (Å²) < 4.78 is 12.3. The van der Waals surface area contributed by atoms with Crippen LogP contribution >= 0.6 is 45.2 Å². The van der Waals surface area contributed by atoms with E-state index in [0.29, 0.717) is 20.1 Å². The van der Waals surface area contributed by atoms with Gasteiger partial charge in [0.15, 0.2) is 0 Å². The molecule has 0 aromatic heterocycles. The van der Waals surface area contributed by atoms with Crippen LogP contribution in [0.25, 0.3) is 0 Å². The van der Waals surface area contributed by atoms with E-state index in [2.05, 4.69) is 45.2 Å². The molecular weight excluding hydrogens is 358 g/mol. The van der Waals surface area contributed by atoms with Crippen LogP contribution in [0.1, 0.15) is 0 Å². The van der Waals surface area contributed by atoms with Crippen LogP contribution < -0.4 is 0 Å². The van der Waals surface area contributed by atoms with Gasteiger partial charge in [0.1, 0.15) is 0 Å². The molecule has 0 aliphatic carbocycles. The fourth-order valence-corrected chi connectivity index (χ4v) is 3.05. The molecule has 4 atom stereocenters. The van der Waals surface area contributed by atoms with Crippen LogP contribution in [0.5, 0.6) is 0 Å². The number of ether oxygens (including phenoxy) is 2. The Kier molecular flexibility index (Phi) is 2.42. The summed E-state index contributed by atoms with van der Waals surface area (Å²) in [6.45, 7) is 1.74. The Balaban J connectivity index is 2.09. The molecule has 0 N–H and O–H groups in total. The Morgan fingerprint density at radius 1 is 0.900 bits per heavy atom. The molecule has 4 unspecified atom stereocenters. The van der Waals surface area contributed by atoms with Crippen LogP contribution in [0.15, 0.2) is 0 Å². The standard InChI is InChI=1S/C6H8I2O2/c7-3-1-9-6-4(8)2-10-5(3)6/h3-6H,1-2H2. The average molecular weight is 366 g/mol. The number of fused-ring (bicyclic) bond motifs is 1. The molecule has 0 spiro atoms. The molecular formula is C6H8I2O2. The fraction of sp³-hybridized carbons (Fsp3) is 1.00. The van der Waals surface area contributed by atoms with Crippen molar-refractivity contribution >= 4 is 45.2 Å². The summed E-state index contributed by atoms with van der Waals surface area (Å²) in [6.07, 6.45) is 0.755. The molecule has 2 nitrogen and oxygen atoms in total. The molecule has 0 saturated carbocycles. The van der Waals surface area contributed by atoms with Gasteiger partial charge in [0.2, 0.25) is 0 Å². The molecule has 0 amide bonds. The minimum atomic E-state index is 0.377. The monoisotopic (exact) mass is 366 g/mol. The van der Waals surface area contributed by atoms with Crippen molar-refractivity contribution in [2.24, 2.45) is 0 Å². The predicted octanol–water partition coefficient (Wildman–Crippen LogP) is 1.39. The predicted molar refractivity (Wildman–Crippen MR) is 55.1 cm³/mol. The van der Waals surface area contributed by atoms with Crippen LogP contribution in [-0.4, -0.2) is 33.3 Å². The normalized spacial score (nSPS) is 53.4.